The van der Waals surface area contributed by atoms with Gasteiger partial charge < -0.3 is 15.0 Å². The highest BCUT2D eigenvalue weighted by Crippen LogP contribution is 2.36. The topological polar surface area (TPSA) is 74.4 Å². The fourth-order valence-corrected chi connectivity index (χ4v) is 3.92. The lowest BCUT2D eigenvalue weighted by molar-refractivity contribution is -0.119. The Bertz CT molecular complexity index is 1100. The molecular formula is C25H31BN2O3S. The van der Waals surface area contributed by atoms with Crippen LogP contribution < -0.4 is 11.2 Å². The van der Waals surface area contributed by atoms with E-state index < -0.39 is 18.3 Å². The average Bonchev–Trinajstić information content (AvgIpc) is 2.96. The zero-order chi connectivity index (χ0) is 22.2. The Labute approximate surface area is 197 Å². The number of hydrogen-bond acceptors (Lipinski definition) is 5. The first-order chi connectivity index (χ1) is 14.7. The van der Waals surface area contributed by atoms with Crippen molar-refractivity contribution in [1.82, 2.24) is 4.98 Å². The highest BCUT2D eigenvalue weighted by molar-refractivity contribution is 7.59. The van der Waals surface area contributed by atoms with Crippen molar-refractivity contribution in [3.63, 3.8) is 0 Å². The highest BCUT2D eigenvalue weighted by atomic mass is 32.1. The molecule has 32 heavy (non-hydrogen) atoms. The molecular weight excluding hydrogens is 419 g/mol. The van der Waals surface area contributed by atoms with Gasteiger partial charge in [0.2, 0.25) is 0 Å². The lowest BCUT2D eigenvalue weighted by atomic mass is 9.77. The fraction of sp³-hybridized carbons (Fsp3) is 0.360. The zero-order valence-electron chi connectivity index (χ0n) is 19.1. The molecule has 2 heterocycles. The largest absolute Gasteiger partial charge is 0.494 e. The van der Waals surface area contributed by atoms with Crippen molar-refractivity contribution in [2.75, 3.05) is 6.54 Å². The molecule has 1 aliphatic heterocycles. The summed E-state index contributed by atoms with van der Waals surface area (Å²) in [6.07, 6.45) is 3.92. The molecule has 0 unspecified atom stereocenters. The number of carbonyl (C=O) groups excluding carboxylic acids is 1. The molecule has 7 heteroatoms. The molecule has 0 saturated carbocycles. The van der Waals surface area contributed by atoms with Crippen molar-refractivity contribution in [2.45, 2.75) is 51.2 Å². The first-order valence-electron chi connectivity index (χ1n) is 10.7. The van der Waals surface area contributed by atoms with Gasteiger partial charge in [-0.15, -0.1) is 0 Å². The van der Waals surface area contributed by atoms with Crippen molar-refractivity contribution < 1.29 is 14.1 Å². The Morgan fingerprint density at radius 3 is 2.44 bits per heavy atom. The van der Waals surface area contributed by atoms with Gasteiger partial charge in [-0.05, 0) is 55.7 Å². The van der Waals surface area contributed by atoms with Crippen LogP contribution in [0.5, 0.6) is 0 Å². The van der Waals surface area contributed by atoms with Crippen LogP contribution in [0.4, 0.5) is 0 Å². The van der Waals surface area contributed by atoms with Crippen molar-refractivity contribution in [3.8, 4) is 0 Å². The Morgan fingerprint density at radius 1 is 1.03 bits per heavy atom. The molecule has 3 aromatic rings. The minimum atomic E-state index is -0.465. The van der Waals surface area contributed by atoms with Gasteiger partial charge in [0.05, 0.1) is 17.1 Å². The molecule has 1 aliphatic rings. The van der Waals surface area contributed by atoms with Crippen LogP contribution in [-0.2, 0) is 20.5 Å². The quantitative estimate of drug-likeness (QED) is 0.582. The summed E-state index contributed by atoms with van der Waals surface area (Å²) in [5.74, 6) is -0.280. The predicted octanol–water partition coefficient (Wildman–Crippen LogP) is 3.50. The summed E-state index contributed by atoms with van der Waals surface area (Å²) in [5.41, 5.74) is 7.99. The third-order valence-corrected chi connectivity index (χ3v) is 6.55. The van der Waals surface area contributed by atoms with Crippen LogP contribution in [0.3, 0.4) is 0 Å². The second-order valence-corrected chi connectivity index (χ2v) is 9.25. The molecule has 5 nitrogen and oxygen atoms in total. The molecule has 2 N–H and O–H groups in total. The zero-order valence-corrected chi connectivity index (χ0v) is 20.1. The summed E-state index contributed by atoms with van der Waals surface area (Å²) in [6, 6.07) is 15.8. The van der Waals surface area contributed by atoms with Crippen molar-refractivity contribution in [2.24, 2.45) is 5.73 Å². The van der Waals surface area contributed by atoms with E-state index in [0.29, 0.717) is 6.42 Å². The molecule has 1 aromatic heterocycles. The first kappa shape index (κ1) is 24.5. The van der Waals surface area contributed by atoms with Gasteiger partial charge in [0.15, 0.2) is 0 Å². The van der Waals surface area contributed by atoms with Crippen LogP contribution in [0.25, 0.3) is 10.8 Å². The molecule has 168 valence electrons. The van der Waals surface area contributed by atoms with E-state index in [0.717, 1.165) is 27.4 Å². The van der Waals surface area contributed by atoms with Gasteiger partial charge >= 0.3 is 7.12 Å². The maximum atomic E-state index is 13.2. The maximum absolute atomic E-state index is 13.2. The van der Waals surface area contributed by atoms with Gasteiger partial charge in [-0.1, -0.05) is 42.5 Å². The van der Waals surface area contributed by atoms with Gasteiger partial charge in [-0.2, -0.15) is 13.5 Å². The summed E-state index contributed by atoms with van der Waals surface area (Å²) in [4.78, 5) is 17.3. The van der Waals surface area contributed by atoms with E-state index in [-0.39, 0.29) is 31.7 Å². The number of Topliss-reactive ketones (excluding diaryl/α,β-unsaturated/α-hetero) is 1. The lowest BCUT2D eigenvalue weighted by Crippen LogP contribution is -2.41. The number of aromatic nitrogens is 1. The van der Waals surface area contributed by atoms with Gasteiger partial charge in [-0.3, -0.25) is 9.78 Å². The monoisotopic (exact) mass is 450 g/mol. The Balaban J connectivity index is 0.00000289. The number of pyridine rings is 1. The molecule has 0 spiro atoms. The molecule has 1 saturated heterocycles. The highest BCUT2D eigenvalue weighted by Gasteiger charge is 2.51. The number of benzene rings is 2. The molecule has 2 aromatic carbocycles. The molecule has 0 bridgehead atoms. The van der Waals surface area contributed by atoms with E-state index in [1.807, 2.05) is 82.4 Å². The van der Waals surface area contributed by atoms with E-state index >= 15 is 0 Å². The summed E-state index contributed by atoms with van der Waals surface area (Å²) in [6.45, 7) is 8.37. The van der Waals surface area contributed by atoms with Gasteiger partial charge in [0, 0.05) is 30.7 Å². The van der Waals surface area contributed by atoms with Crippen molar-refractivity contribution >= 4 is 42.6 Å². The maximum Gasteiger partial charge on any atom is 0.494 e. The van der Waals surface area contributed by atoms with Gasteiger partial charge in [0.1, 0.15) is 5.78 Å². The minimum absolute atomic E-state index is 0. The van der Waals surface area contributed by atoms with Crippen LogP contribution >= 0.6 is 13.5 Å². The van der Waals surface area contributed by atoms with Crippen LogP contribution in [0.1, 0.15) is 44.7 Å². The van der Waals surface area contributed by atoms with E-state index in [9.17, 15) is 4.79 Å². The molecule has 0 aliphatic carbocycles. The number of fused-ring (bicyclic) bond motifs is 1. The van der Waals surface area contributed by atoms with Crippen LogP contribution in [0.2, 0.25) is 0 Å². The van der Waals surface area contributed by atoms with Gasteiger partial charge in [-0.25, -0.2) is 0 Å². The number of nitrogens with zero attached hydrogens (tertiary/aromatic N) is 1. The molecule has 0 amide bonds. The Morgan fingerprint density at radius 2 is 1.75 bits per heavy atom. The molecule has 1 atom stereocenters. The average molecular weight is 450 g/mol. The van der Waals surface area contributed by atoms with Crippen molar-refractivity contribution in [1.29, 1.82) is 0 Å². The SMILES string of the molecule is CC1(C)OB(c2cccc([C@@H](CN)C(=O)Cc3ccc4cnccc4c3)c2)OC1(C)C.S. The number of ketones is 1. The molecule has 1 fully saturated rings. The second-order valence-electron chi connectivity index (χ2n) is 9.25. The third-order valence-electron chi connectivity index (χ3n) is 6.55. The Kier molecular flexibility index (Phi) is 7.15. The summed E-state index contributed by atoms with van der Waals surface area (Å²) >= 11 is 0. The lowest BCUT2D eigenvalue weighted by Gasteiger charge is -2.32. The van der Waals surface area contributed by atoms with Crippen LogP contribution in [-0.4, -0.2) is 35.6 Å². The van der Waals surface area contributed by atoms with E-state index in [1.165, 1.54) is 0 Å². The minimum Gasteiger partial charge on any atom is -0.399 e. The predicted molar refractivity (Wildman–Crippen MR) is 135 cm³/mol. The normalized spacial score (nSPS) is 17.7. The number of carbonyl (C=O) groups is 1. The summed E-state index contributed by atoms with van der Waals surface area (Å²) < 4.78 is 12.3. The van der Waals surface area contributed by atoms with E-state index in [1.54, 1.807) is 6.20 Å². The van der Waals surface area contributed by atoms with Crippen molar-refractivity contribution in [3.05, 3.63) is 72.1 Å². The van der Waals surface area contributed by atoms with E-state index in [4.69, 9.17) is 15.0 Å². The number of nitrogens with two attached hydrogens (primary N) is 1. The third kappa shape index (κ3) is 4.76. The molecule has 4 rings (SSSR count). The van der Waals surface area contributed by atoms with Crippen LogP contribution in [0.15, 0.2) is 60.9 Å². The molecule has 0 radical (unpaired) electrons. The van der Waals surface area contributed by atoms with Crippen LogP contribution in [0, 0.1) is 0 Å². The fourth-order valence-electron chi connectivity index (χ4n) is 3.92. The standard InChI is InChI=1S/C25H29BN2O3.H2S/c1-24(2)25(3,4)31-26(30-24)21-7-5-6-19(14-21)22(15-27)23(29)13-17-8-9-20-16-28-11-10-18(20)12-17;/h5-12,14,16,22H,13,15,27H2,1-4H3;1H2/t22-;/m1./s1. The van der Waals surface area contributed by atoms with E-state index in [2.05, 4.69) is 4.98 Å². The number of rotatable bonds is 6. The Hall–Kier alpha value is -2.19. The van der Waals surface area contributed by atoms with Gasteiger partial charge in [0.25, 0.3) is 0 Å². The second kappa shape index (κ2) is 9.36. The smallest absolute Gasteiger partial charge is 0.399 e. The number of hydrogen-bond donors (Lipinski definition) is 1. The first-order valence-corrected chi connectivity index (χ1v) is 10.7. The summed E-state index contributed by atoms with van der Waals surface area (Å²) in [7, 11) is -0.465. The summed E-state index contributed by atoms with van der Waals surface area (Å²) in [5, 5.41) is 2.14.